The molecule has 1 aromatic heterocycles. The number of carbonyl (C=O) groups excluding carboxylic acids is 1. The second-order valence-electron chi connectivity index (χ2n) is 9.64. The lowest BCUT2D eigenvalue weighted by molar-refractivity contribution is -0.143. The number of carbonyl (C=O) groups is 1. The summed E-state index contributed by atoms with van der Waals surface area (Å²) >= 11 is 0. The van der Waals surface area contributed by atoms with Gasteiger partial charge in [0.2, 0.25) is 0 Å². The molecule has 8 heteroatoms. The maximum absolute atomic E-state index is 14.5. The second-order valence-corrected chi connectivity index (χ2v) is 9.64. The van der Waals surface area contributed by atoms with E-state index in [1.54, 1.807) is 60.2 Å². The molecule has 0 N–H and O–H groups in total. The van der Waals surface area contributed by atoms with E-state index in [-0.39, 0.29) is 41.3 Å². The zero-order valence-electron chi connectivity index (χ0n) is 22.8. The van der Waals surface area contributed by atoms with Crippen LogP contribution in [-0.2, 0) is 22.5 Å². The first kappa shape index (κ1) is 29.6. The van der Waals surface area contributed by atoms with E-state index < -0.39 is 0 Å². The smallest absolute Gasteiger partial charge is 0.305 e. The van der Waals surface area contributed by atoms with Crippen molar-refractivity contribution in [3.63, 3.8) is 0 Å². The highest BCUT2D eigenvalue weighted by Crippen LogP contribution is 2.32. The highest BCUT2D eigenvalue weighted by molar-refractivity contribution is 5.69. The molecule has 214 valence electrons. The maximum atomic E-state index is 14.5. The SMILES string of the molecule is CCOC(=O)CCCOc1ccc(F)c(CCCn2cc(C(c3ccc(F)cc3)c3ccc(F)cc3)ccc2=O)c1. The second kappa shape index (κ2) is 14.3. The van der Waals surface area contributed by atoms with Crippen molar-refractivity contribution >= 4 is 5.97 Å². The summed E-state index contributed by atoms with van der Waals surface area (Å²) in [4.78, 5) is 24.2. The van der Waals surface area contributed by atoms with Crippen molar-refractivity contribution in [3.05, 3.63) is 135 Å². The number of rotatable bonds is 13. The third kappa shape index (κ3) is 8.33. The number of aromatic nitrogens is 1. The van der Waals surface area contributed by atoms with Crippen molar-refractivity contribution in [2.45, 2.75) is 45.1 Å². The summed E-state index contributed by atoms with van der Waals surface area (Å²) in [6.07, 6.45) is 3.35. The van der Waals surface area contributed by atoms with Crippen LogP contribution in [0.4, 0.5) is 13.2 Å². The van der Waals surface area contributed by atoms with E-state index in [0.29, 0.717) is 50.3 Å². The zero-order chi connectivity index (χ0) is 29.2. The van der Waals surface area contributed by atoms with Crippen molar-refractivity contribution in [1.82, 2.24) is 4.57 Å². The molecule has 4 rings (SSSR count). The molecule has 0 aliphatic heterocycles. The molecule has 4 aromatic rings. The van der Waals surface area contributed by atoms with Gasteiger partial charge in [0, 0.05) is 31.1 Å². The number of pyridine rings is 1. The molecule has 3 aromatic carbocycles. The fourth-order valence-corrected chi connectivity index (χ4v) is 4.70. The van der Waals surface area contributed by atoms with Gasteiger partial charge in [0.05, 0.1) is 13.2 Å². The number of hydrogen-bond donors (Lipinski definition) is 0. The van der Waals surface area contributed by atoms with Gasteiger partial charge in [-0.05, 0) is 90.9 Å². The van der Waals surface area contributed by atoms with Crippen LogP contribution in [0.15, 0.2) is 89.9 Å². The largest absolute Gasteiger partial charge is 0.494 e. The molecule has 0 fully saturated rings. The van der Waals surface area contributed by atoms with Gasteiger partial charge in [-0.15, -0.1) is 0 Å². The molecule has 0 saturated heterocycles. The van der Waals surface area contributed by atoms with E-state index in [1.807, 2.05) is 0 Å². The molecule has 0 bridgehead atoms. The molecule has 0 atom stereocenters. The Hall–Kier alpha value is -4.33. The minimum Gasteiger partial charge on any atom is -0.494 e. The summed E-state index contributed by atoms with van der Waals surface area (Å²) < 4.78 is 54.0. The highest BCUT2D eigenvalue weighted by atomic mass is 19.1. The Bertz CT molecular complexity index is 1460. The summed E-state index contributed by atoms with van der Waals surface area (Å²) in [5.41, 5.74) is 2.64. The molecule has 0 spiro atoms. The summed E-state index contributed by atoms with van der Waals surface area (Å²) in [5, 5.41) is 0. The van der Waals surface area contributed by atoms with Crippen molar-refractivity contribution in [2.75, 3.05) is 13.2 Å². The van der Waals surface area contributed by atoms with E-state index in [9.17, 15) is 22.8 Å². The van der Waals surface area contributed by atoms with E-state index in [4.69, 9.17) is 9.47 Å². The van der Waals surface area contributed by atoms with Crippen LogP contribution in [0.3, 0.4) is 0 Å². The van der Waals surface area contributed by atoms with E-state index in [1.165, 1.54) is 36.4 Å². The Balaban J connectivity index is 1.45. The van der Waals surface area contributed by atoms with Crippen molar-refractivity contribution in [1.29, 1.82) is 0 Å². The van der Waals surface area contributed by atoms with E-state index >= 15 is 0 Å². The summed E-state index contributed by atoms with van der Waals surface area (Å²) in [7, 11) is 0. The number of halogens is 3. The minimum absolute atomic E-state index is 0.204. The van der Waals surface area contributed by atoms with Gasteiger partial charge in [-0.1, -0.05) is 30.3 Å². The normalized spacial score (nSPS) is 11.0. The van der Waals surface area contributed by atoms with Gasteiger partial charge >= 0.3 is 5.97 Å². The van der Waals surface area contributed by atoms with Crippen LogP contribution in [0, 0.1) is 17.5 Å². The Labute approximate surface area is 237 Å². The van der Waals surface area contributed by atoms with Crippen LogP contribution < -0.4 is 10.3 Å². The average Bonchev–Trinajstić information content (AvgIpc) is 2.96. The molecular weight excluding hydrogens is 531 g/mol. The zero-order valence-corrected chi connectivity index (χ0v) is 22.8. The quantitative estimate of drug-likeness (QED) is 0.133. The van der Waals surface area contributed by atoms with Crippen LogP contribution >= 0.6 is 0 Å². The molecule has 0 unspecified atom stereocenters. The lowest BCUT2D eigenvalue weighted by Crippen LogP contribution is -2.20. The van der Waals surface area contributed by atoms with Gasteiger partial charge < -0.3 is 14.0 Å². The summed E-state index contributed by atoms with van der Waals surface area (Å²) in [6, 6.07) is 19.9. The fourth-order valence-electron chi connectivity index (χ4n) is 4.70. The van der Waals surface area contributed by atoms with Crippen LogP contribution in [0.25, 0.3) is 0 Å². The van der Waals surface area contributed by atoms with Crippen LogP contribution in [0.5, 0.6) is 5.75 Å². The third-order valence-corrected chi connectivity index (χ3v) is 6.71. The van der Waals surface area contributed by atoms with Crippen molar-refractivity contribution < 1.29 is 27.4 Å². The first-order valence-corrected chi connectivity index (χ1v) is 13.6. The van der Waals surface area contributed by atoms with Crippen LogP contribution in [-0.4, -0.2) is 23.8 Å². The molecular formula is C33H32F3NO4. The van der Waals surface area contributed by atoms with Crippen LogP contribution in [0.2, 0.25) is 0 Å². The fraction of sp³-hybridized carbons (Fsp3) is 0.273. The van der Waals surface area contributed by atoms with Gasteiger partial charge in [0.15, 0.2) is 0 Å². The highest BCUT2D eigenvalue weighted by Gasteiger charge is 2.18. The molecule has 0 radical (unpaired) electrons. The number of ether oxygens (including phenoxy) is 2. The Morgan fingerprint density at radius 2 is 1.46 bits per heavy atom. The topological polar surface area (TPSA) is 57.5 Å². The van der Waals surface area contributed by atoms with Gasteiger partial charge in [0.1, 0.15) is 23.2 Å². The maximum Gasteiger partial charge on any atom is 0.305 e. The van der Waals surface area contributed by atoms with Gasteiger partial charge in [-0.2, -0.15) is 0 Å². The molecule has 1 heterocycles. The minimum atomic E-state index is -0.366. The van der Waals surface area contributed by atoms with Gasteiger partial charge in [-0.3, -0.25) is 9.59 Å². The first-order valence-electron chi connectivity index (χ1n) is 13.6. The number of benzene rings is 3. The predicted octanol–water partition coefficient (Wildman–Crippen LogP) is 6.80. The van der Waals surface area contributed by atoms with Crippen molar-refractivity contribution in [2.24, 2.45) is 0 Å². The molecule has 0 amide bonds. The lowest BCUT2D eigenvalue weighted by Gasteiger charge is -2.20. The molecule has 0 aliphatic carbocycles. The Morgan fingerprint density at radius 3 is 2.10 bits per heavy atom. The molecule has 41 heavy (non-hydrogen) atoms. The number of esters is 1. The standard InChI is InChI=1S/C33H32F3NO4/c1-2-40-32(39)6-4-20-41-29-16-17-30(36)25(21-29)5-3-19-37-22-26(11-18-31(37)38)33(23-7-12-27(34)13-8-23)24-9-14-28(35)15-10-24/h7-18,21-22,33H,2-6,19-20H2,1H3. The first-order chi connectivity index (χ1) is 19.8. The average molecular weight is 564 g/mol. The lowest BCUT2D eigenvalue weighted by atomic mass is 9.86. The predicted molar refractivity (Wildman–Crippen MR) is 151 cm³/mol. The van der Waals surface area contributed by atoms with Crippen LogP contribution in [0.1, 0.15) is 54.4 Å². The van der Waals surface area contributed by atoms with Gasteiger partial charge in [0.25, 0.3) is 5.56 Å². The molecule has 0 aliphatic rings. The van der Waals surface area contributed by atoms with E-state index in [2.05, 4.69) is 0 Å². The van der Waals surface area contributed by atoms with E-state index in [0.717, 1.165) is 16.7 Å². The molecule has 0 saturated carbocycles. The molecule has 5 nitrogen and oxygen atoms in total. The Kier molecular flexibility index (Phi) is 10.4. The summed E-state index contributed by atoms with van der Waals surface area (Å²) in [5.74, 6) is -1.22. The van der Waals surface area contributed by atoms with Crippen molar-refractivity contribution in [3.8, 4) is 5.75 Å². The number of aryl methyl sites for hydroxylation is 2. The summed E-state index contributed by atoms with van der Waals surface area (Å²) in [6.45, 7) is 2.73. The third-order valence-electron chi connectivity index (χ3n) is 6.71. The number of nitrogens with zero attached hydrogens (tertiary/aromatic N) is 1. The number of hydrogen-bond acceptors (Lipinski definition) is 4. The Morgan fingerprint density at radius 1 is 0.829 bits per heavy atom. The van der Waals surface area contributed by atoms with Gasteiger partial charge in [-0.25, -0.2) is 13.2 Å². The monoisotopic (exact) mass is 563 g/mol.